The summed E-state index contributed by atoms with van der Waals surface area (Å²) < 4.78 is 11.2. The first-order valence-corrected chi connectivity index (χ1v) is 13.3. The molecule has 0 saturated heterocycles. The zero-order valence-corrected chi connectivity index (χ0v) is 22.7. The Labute approximate surface area is 178 Å². The fraction of sp³-hybridized carbons (Fsp3) is 0.750. The van der Waals surface area contributed by atoms with Gasteiger partial charge >= 0.3 is 156 Å². The van der Waals surface area contributed by atoms with Crippen molar-refractivity contribution >= 4 is 17.9 Å². The van der Waals surface area contributed by atoms with Gasteiger partial charge in [0.25, 0.3) is 5.97 Å². The number of hydrogen-bond donors (Lipinski definition) is 1. The van der Waals surface area contributed by atoms with E-state index in [9.17, 15) is 9.59 Å². The normalized spacial score (nSPS) is 29.8. The molecule has 2 rings (SSSR count). The molecule has 0 aliphatic heterocycles. The fourth-order valence-electron chi connectivity index (χ4n) is 5.04. The third kappa shape index (κ3) is 5.33. The SMILES string of the molecule is CC(=O)O.COC(=O)CC1=C([CH2][Hg])CC[C@H]2[C@@](C)(C(=O)OC)CCC[C@]12C. The summed E-state index contributed by atoms with van der Waals surface area (Å²) in [7, 11) is 2.94. The minimum atomic E-state index is -0.833. The number of carboxylic acid groups (broad SMARTS) is 1. The Bertz CT molecular complexity index is 610. The predicted molar refractivity (Wildman–Crippen MR) is 96.6 cm³/mol. The zero-order chi connectivity index (χ0) is 20.8. The van der Waals surface area contributed by atoms with Crippen molar-refractivity contribution in [2.45, 2.75) is 63.2 Å². The van der Waals surface area contributed by atoms with E-state index in [1.54, 1.807) is 0 Å². The van der Waals surface area contributed by atoms with Gasteiger partial charge in [-0.15, -0.1) is 0 Å². The van der Waals surface area contributed by atoms with Gasteiger partial charge in [-0.05, 0) is 0 Å². The number of rotatable bonds is 4. The van der Waals surface area contributed by atoms with E-state index < -0.39 is 11.4 Å². The molecule has 3 atom stereocenters. The molecule has 6 nitrogen and oxygen atoms in total. The molecule has 0 bridgehead atoms. The Hall–Kier alpha value is -0.915. The molecule has 1 fully saturated rings. The van der Waals surface area contributed by atoms with Crippen molar-refractivity contribution in [3.63, 3.8) is 0 Å². The first kappa shape index (κ1) is 24.1. The van der Waals surface area contributed by atoms with Crippen LogP contribution in [0.4, 0.5) is 0 Å². The van der Waals surface area contributed by atoms with E-state index in [0.29, 0.717) is 32.5 Å². The van der Waals surface area contributed by atoms with Gasteiger partial charge in [0, 0.05) is 6.92 Å². The molecule has 0 heterocycles. The van der Waals surface area contributed by atoms with Crippen LogP contribution >= 0.6 is 0 Å². The van der Waals surface area contributed by atoms with Crippen LogP contribution in [0.15, 0.2) is 11.1 Å². The second-order valence-electron chi connectivity index (χ2n) is 7.88. The average molecular weight is 568 g/mol. The number of carbonyl (C=O) groups excluding carboxylic acids is 2. The number of esters is 2. The monoisotopic (exact) mass is 569 g/mol. The van der Waals surface area contributed by atoms with Crippen LogP contribution in [0.25, 0.3) is 0 Å². The van der Waals surface area contributed by atoms with Crippen LogP contribution in [0.2, 0.25) is 3.93 Å². The van der Waals surface area contributed by atoms with Gasteiger partial charge in [0.15, 0.2) is 0 Å². The van der Waals surface area contributed by atoms with Crippen LogP contribution in [-0.2, 0) is 50.0 Å². The van der Waals surface area contributed by atoms with E-state index in [-0.39, 0.29) is 23.3 Å². The summed E-state index contributed by atoms with van der Waals surface area (Å²) in [6.45, 7) is 5.41. The van der Waals surface area contributed by atoms with Crippen molar-refractivity contribution in [2.24, 2.45) is 16.7 Å². The Balaban J connectivity index is 0.000000828. The van der Waals surface area contributed by atoms with E-state index in [1.165, 1.54) is 25.4 Å². The van der Waals surface area contributed by atoms with Crippen molar-refractivity contribution in [3.8, 4) is 0 Å². The number of hydrogen-bond acceptors (Lipinski definition) is 5. The molecule has 0 unspecified atom stereocenters. The molecule has 1 N–H and O–H groups in total. The third-order valence-electron chi connectivity index (χ3n) is 6.28. The first-order valence-electron chi connectivity index (χ1n) is 9.42. The number of methoxy groups -OCH3 is 2. The van der Waals surface area contributed by atoms with E-state index >= 15 is 0 Å². The van der Waals surface area contributed by atoms with Crippen LogP contribution < -0.4 is 0 Å². The Morgan fingerprint density at radius 1 is 1.19 bits per heavy atom. The van der Waals surface area contributed by atoms with Crippen molar-refractivity contribution in [2.75, 3.05) is 14.2 Å². The third-order valence-corrected chi connectivity index (χ3v) is 8.63. The van der Waals surface area contributed by atoms with Gasteiger partial charge in [-0.1, -0.05) is 0 Å². The Morgan fingerprint density at radius 2 is 1.78 bits per heavy atom. The molecule has 0 aromatic carbocycles. The number of carboxylic acids is 1. The number of allylic oxidation sites excluding steroid dienone is 1. The van der Waals surface area contributed by atoms with Crippen LogP contribution in [0.5, 0.6) is 0 Å². The molecule has 0 spiro atoms. The average Bonchev–Trinajstić information content (AvgIpc) is 2.61. The predicted octanol–water partition coefficient (Wildman–Crippen LogP) is 3.68. The molecule has 0 aromatic heterocycles. The van der Waals surface area contributed by atoms with E-state index in [2.05, 4.69) is 13.8 Å². The van der Waals surface area contributed by atoms with Gasteiger partial charge in [0.2, 0.25) is 0 Å². The van der Waals surface area contributed by atoms with Gasteiger partial charge in [0.1, 0.15) is 0 Å². The van der Waals surface area contributed by atoms with Crippen LogP contribution in [-0.4, -0.2) is 37.2 Å². The summed E-state index contributed by atoms with van der Waals surface area (Å²) in [5.74, 6) is -0.838. The number of aliphatic carboxylic acids is 1. The summed E-state index contributed by atoms with van der Waals surface area (Å²) in [6, 6.07) is 0. The minimum absolute atomic E-state index is 0.0810. The number of ether oxygens (including phenoxy) is 2. The van der Waals surface area contributed by atoms with Crippen molar-refractivity contribution in [1.82, 2.24) is 0 Å². The van der Waals surface area contributed by atoms with Gasteiger partial charge in [-0.3, -0.25) is 4.79 Å². The summed E-state index contributed by atoms with van der Waals surface area (Å²) in [6.07, 6.45) is 5.36. The zero-order valence-electron chi connectivity index (χ0n) is 17.2. The summed E-state index contributed by atoms with van der Waals surface area (Å²) in [4.78, 5) is 33.5. The molecule has 2 aliphatic rings. The Morgan fingerprint density at radius 3 is 2.26 bits per heavy atom. The molecule has 7 heteroatoms. The molecule has 149 valence electrons. The van der Waals surface area contributed by atoms with Gasteiger partial charge in [-0.25, -0.2) is 0 Å². The molecular weight excluding hydrogens is 537 g/mol. The van der Waals surface area contributed by atoms with E-state index in [4.69, 9.17) is 19.4 Å². The van der Waals surface area contributed by atoms with Crippen molar-refractivity contribution in [1.29, 1.82) is 0 Å². The number of carbonyl (C=O) groups is 3. The summed E-state index contributed by atoms with van der Waals surface area (Å²) in [5, 5.41) is 7.42. The Kier molecular flexibility index (Phi) is 8.96. The van der Waals surface area contributed by atoms with E-state index in [1.807, 2.05) is 0 Å². The van der Waals surface area contributed by atoms with Crippen LogP contribution in [0.1, 0.15) is 59.3 Å². The number of fused-ring (bicyclic) bond motifs is 1. The van der Waals surface area contributed by atoms with Crippen LogP contribution in [0, 0.1) is 16.7 Å². The first-order chi connectivity index (χ1) is 12.6. The van der Waals surface area contributed by atoms with Crippen LogP contribution in [0.3, 0.4) is 0 Å². The van der Waals surface area contributed by atoms with Crippen molar-refractivity contribution < 1.29 is 55.1 Å². The summed E-state index contributed by atoms with van der Waals surface area (Å²) in [5.41, 5.74) is 2.21. The van der Waals surface area contributed by atoms with Gasteiger partial charge in [-0.2, -0.15) is 0 Å². The topological polar surface area (TPSA) is 89.9 Å². The van der Waals surface area contributed by atoms with Gasteiger partial charge in [0.05, 0.1) is 0 Å². The maximum absolute atomic E-state index is 12.5. The maximum atomic E-state index is 12.5. The standard InChI is InChI=1S/C18H27O4.C2H4O2.Hg/c1-12-7-8-14-17(2,13(12)11-15(19)21-4)9-6-10-18(14,3)16(20)22-5;1-2(3)4;/h14H,1,6-11H2,2-5H3;1H3,(H,3,4);/t14-,17-,18+;;/m1../s1. The molecule has 0 amide bonds. The molecule has 2 aliphatic carbocycles. The van der Waals surface area contributed by atoms with Gasteiger partial charge < -0.3 is 5.11 Å². The van der Waals surface area contributed by atoms with E-state index in [0.717, 1.165) is 43.0 Å². The molecule has 27 heavy (non-hydrogen) atoms. The molecular formula is C20H31HgO6. The fourth-order valence-corrected chi connectivity index (χ4v) is 7.19. The second kappa shape index (κ2) is 10.0. The van der Waals surface area contributed by atoms with Crippen molar-refractivity contribution in [3.05, 3.63) is 11.1 Å². The molecule has 0 radical (unpaired) electrons. The second-order valence-corrected chi connectivity index (χ2v) is 9.82. The quantitative estimate of drug-likeness (QED) is 0.317. The molecule has 1 saturated carbocycles. The summed E-state index contributed by atoms with van der Waals surface area (Å²) >= 11 is 0.677. The molecule has 0 aromatic rings.